The summed E-state index contributed by atoms with van der Waals surface area (Å²) < 4.78 is 13.9. The van der Waals surface area contributed by atoms with Crippen LogP contribution in [0.15, 0.2) is 18.2 Å². The van der Waals surface area contributed by atoms with Gasteiger partial charge in [0.25, 0.3) is 0 Å². The minimum Gasteiger partial charge on any atom is -0.239 e. The Morgan fingerprint density at radius 2 is 2.25 bits per heavy atom. The third-order valence-electron chi connectivity index (χ3n) is 3.18. The lowest BCUT2D eigenvalue weighted by atomic mass is 9.70. The van der Waals surface area contributed by atoms with Gasteiger partial charge in [0, 0.05) is 0 Å². The number of hydrogen-bond acceptors (Lipinski definition) is 3. The van der Waals surface area contributed by atoms with Crippen LogP contribution >= 0.6 is 11.3 Å². The molecule has 0 N–H and O–H groups in total. The van der Waals surface area contributed by atoms with E-state index < -0.39 is 0 Å². The van der Waals surface area contributed by atoms with E-state index in [1.807, 2.05) is 0 Å². The lowest BCUT2D eigenvalue weighted by Gasteiger charge is -2.32. The first-order valence-electron chi connectivity index (χ1n) is 5.21. The Morgan fingerprint density at radius 3 is 2.88 bits per heavy atom. The van der Waals surface area contributed by atoms with Gasteiger partial charge in [-0.2, -0.15) is 5.26 Å². The highest BCUT2D eigenvalue weighted by Gasteiger charge is 2.41. The number of halogens is 1. The Kier molecular flexibility index (Phi) is 1.98. The number of nitrogens with zero attached hydrogens (tertiary/aromatic N) is 2. The second-order valence-corrected chi connectivity index (χ2v) is 5.21. The van der Waals surface area contributed by atoms with Gasteiger partial charge in [-0.15, -0.1) is 11.3 Å². The van der Waals surface area contributed by atoms with E-state index in [-0.39, 0.29) is 11.2 Å². The monoisotopic (exact) mass is 232 g/mol. The van der Waals surface area contributed by atoms with Crippen LogP contribution in [0.5, 0.6) is 0 Å². The maximum Gasteiger partial charge on any atom is 0.124 e. The highest BCUT2D eigenvalue weighted by atomic mass is 32.1. The summed E-state index contributed by atoms with van der Waals surface area (Å²) in [6, 6.07) is 6.93. The van der Waals surface area contributed by atoms with Gasteiger partial charge < -0.3 is 0 Å². The summed E-state index contributed by atoms with van der Waals surface area (Å²) in [6.07, 6.45) is 2.84. The normalized spacial score (nSPS) is 18.0. The summed E-state index contributed by atoms with van der Waals surface area (Å²) in [5, 5.41) is 10.1. The van der Waals surface area contributed by atoms with Crippen molar-refractivity contribution in [3.8, 4) is 6.07 Å². The summed E-state index contributed by atoms with van der Waals surface area (Å²) in [7, 11) is 0. The summed E-state index contributed by atoms with van der Waals surface area (Å²) in [6.45, 7) is 0. The average molecular weight is 232 g/mol. The summed E-state index contributed by atoms with van der Waals surface area (Å²) in [4.78, 5) is 4.45. The topological polar surface area (TPSA) is 36.7 Å². The first kappa shape index (κ1) is 9.73. The highest BCUT2D eigenvalue weighted by molar-refractivity contribution is 7.18. The molecule has 2 nitrogen and oxygen atoms in total. The van der Waals surface area contributed by atoms with Crippen molar-refractivity contribution in [1.82, 2.24) is 4.98 Å². The van der Waals surface area contributed by atoms with Gasteiger partial charge in [-0.1, -0.05) is 0 Å². The Labute approximate surface area is 96.4 Å². The fourth-order valence-electron chi connectivity index (χ4n) is 2.01. The van der Waals surface area contributed by atoms with Gasteiger partial charge >= 0.3 is 0 Å². The van der Waals surface area contributed by atoms with Gasteiger partial charge in [-0.25, -0.2) is 9.37 Å². The first-order valence-corrected chi connectivity index (χ1v) is 6.03. The predicted molar refractivity (Wildman–Crippen MR) is 60.7 cm³/mol. The van der Waals surface area contributed by atoms with Crippen molar-refractivity contribution >= 4 is 21.6 Å². The van der Waals surface area contributed by atoms with Crippen molar-refractivity contribution in [2.75, 3.05) is 0 Å². The fraction of sp³-hybridized carbons (Fsp3) is 0.333. The molecule has 1 aromatic heterocycles. The van der Waals surface area contributed by atoms with Crippen molar-refractivity contribution in [3.05, 3.63) is 29.0 Å². The minimum absolute atomic E-state index is 0.248. The highest BCUT2D eigenvalue weighted by Crippen LogP contribution is 2.45. The van der Waals surface area contributed by atoms with E-state index in [2.05, 4.69) is 11.1 Å². The second kappa shape index (κ2) is 3.26. The van der Waals surface area contributed by atoms with Crippen LogP contribution < -0.4 is 0 Å². The molecule has 1 saturated carbocycles. The van der Waals surface area contributed by atoms with Crippen LogP contribution in [-0.2, 0) is 5.41 Å². The minimum atomic E-state index is -0.389. The molecule has 0 spiro atoms. The molecule has 1 heterocycles. The molecule has 0 amide bonds. The van der Waals surface area contributed by atoms with E-state index in [1.165, 1.54) is 23.5 Å². The molecular formula is C12H9FN2S. The lowest BCUT2D eigenvalue weighted by molar-refractivity contribution is 0.323. The van der Waals surface area contributed by atoms with Gasteiger partial charge in [0.1, 0.15) is 16.2 Å². The Hall–Kier alpha value is -1.47. The van der Waals surface area contributed by atoms with Crippen LogP contribution in [0, 0.1) is 17.1 Å². The lowest BCUT2D eigenvalue weighted by Crippen LogP contribution is -2.32. The van der Waals surface area contributed by atoms with Crippen LogP contribution in [-0.4, -0.2) is 4.98 Å². The van der Waals surface area contributed by atoms with Crippen molar-refractivity contribution in [2.24, 2.45) is 0 Å². The number of fused-ring (bicyclic) bond motifs is 1. The van der Waals surface area contributed by atoms with E-state index in [0.717, 1.165) is 34.5 Å². The van der Waals surface area contributed by atoms with Gasteiger partial charge in [0.15, 0.2) is 0 Å². The van der Waals surface area contributed by atoms with Crippen LogP contribution in [0.4, 0.5) is 4.39 Å². The molecular weight excluding hydrogens is 223 g/mol. The number of benzene rings is 1. The van der Waals surface area contributed by atoms with Gasteiger partial charge in [-0.05, 0) is 37.5 Å². The van der Waals surface area contributed by atoms with E-state index >= 15 is 0 Å². The summed E-state index contributed by atoms with van der Waals surface area (Å²) in [5.41, 5.74) is 0.406. The van der Waals surface area contributed by atoms with Crippen molar-refractivity contribution < 1.29 is 4.39 Å². The molecule has 0 saturated heterocycles. The molecule has 80 valence electrons. The largest absolute Gasteiger partial charge is 0.239 e. The molecule has 2 aromatic rings. The Bertz CT molecular complexity index is 593. The fourth-order valence-corrected chi connectivity index (χ4v) is 3.19. The van der Waals surface area contributed by atoms with Crippen LogP contribution in [0.2, 0.25) is 0 Å². The molecule has 1 aliphatic carbocycles. The Balaban J connectivity index is 2.16. The average Bonchev–Trinajstić information content (AvgIpc) is 2.60. The number of nitriles is 1. The molecule has 16 heavy (non-hydrogen) atoms. The number of aromatic nitrogens is 1. The van der Waals surface area contributed by atoms with E-state index in [0.29, 0.717) is 0 Å². The van der Waals surface area contributed by atoms with Gasteiger partial charge in [0.05, 0.1) is 16.3 Å². The zero-order valence-electron chi connectivity index (χ0n) is 8.53. The van der Waals surface area contributed by atoms with Crippen molar-refractivity contribution in [1.29, 1.82) is 5.26 Å². The molecule has 1 aromatic carbocycles. The van der Waals surface area contributed by atoms with Gasteiger partial charge in [0.2, 0.25) is 0 Å². The molecule has 1 aliphatic rings. The SMILES string of the molecule is N#CC1(c2nc3ccc(F)cc3s2)CCC1. The Morgan fingerprint density at radius 1 is 1.44 bits per heavy atom. The summed E-state index contributed by atoms with van der Waals surface area (Å²) >= 11 is 1.45. The predicted octanol–water partition coefficient (Wildman–Crippen LogP) is 3.38. The molecule has 0 atom stereocenters. The van der Waals surface area contributed by atoms with Crippen LogP contribution in [0.3, 0.4) is 0 Å². The number of thiazole rings is 1. The zero-order valence-corrected chi connectivity index (χ0v) is 9.35. The third kappa shape index (κ3) is 1.25. The molecule has 1 fully saturated rings. The van der Waals surface area contributed by atoms with Crippen molar-refractivity contribution in [2.45, 2.75) is 24.7 Å². The number of hydrogen-bond donors (Lipinski definition) is 0. The first-order chi connectivity index (χ1) is 7.73. The van der Waals surface area contributed by atoms with E-state index in [4.69, 9.17) is 0 Å². The molecule has 3 rings (SSSR count). The summed E-state index contributed by atoms with van der Waals surface area (Å²) in [5.74, 6) is -0.248. The smallest absolute Gasteiger partial charge is 0.124 e. The second-order valence-electron chi connectivity index (χ2n) is 4.18. The molecule has 0 aliphatic heterocycles. The maximum absolute atomic E-state index is 13.0. The molecule has 0 unspecified atom stereocenters. The molecule has 0 radical (unpaired) electrons. The quantitative estimate of drug-likeness (QED) is 0.755. The van der Waals surface area contributed by atoms with Crippen LogP contribution in [0.1, 0.15) is 24.3 Å². The van der Waals surface area contributed by atoms with E-state index in [1.54, 1.807) is 6.07 Å². The standard InChI is InChI=1S/C12H9FN2S/c13-8-2-3-9-10(6-8)16-11(15-9)12(7-14)4-1-5-12/h2-3,6H,1,4-5H2. The third-order valence-corrected chi connectivity index (χ3v) is 4.40. The van der Waals surface area contributed by atoms with Crippen LogP contribution in [0.25, 0.3) is 10.2 Å². The maximum atomic E-state index is 13.0. The van der Waals surface area contributed by atoms with Crippen molar-refractivity contribution in [3.63, 3.8) is 0 Å². The van der Waals surface area contributed by atoms with E-state index in [9.17, 15) is 9.65 Å². The molecule has 4 heteroatoms. The zero-order chi connectivity index (χ0) is 11.2. The molecule has 0 bridgehead atoms. The number of rotatable bonds is 1. The van der Waals surface area contributed by atoms with Gasteiger partial charge in [-0.3, -0.25) is 0 Å².